The summed E-state index contributed by atoms with van der Waals surface area (Å²) in [6, 6.07) is 17.2. The van der Waals surface area contributed by atoms with Crippen molar-refractivity contribution in [2.24, 2.45) is 0 Å². The van der Waals surface area contributed by atoms with E-state index in [4.69, 9.17) is 11.6 Å². The van der Waals surface area contributed by atoms with E-state index < -0.39 is 0 Å². The van der Waals surface area contributed by atoms with Crippen molar-refractivity contribution in [3.05, 3.63) is 86.0 Å². The van der Waals surface area contributed by atoms with Crippen molar-refractivity contribution in [2.75, 3.05) is 5.75 Å². The van der Waals surface area contributed by atoms with Gasteiger partial charge in [-0.25, -0.2) is 4.79 Å². The summed E-state index contributed by atoms with van der Waals surface area (Å²) in [5, 5.41) is 1.25. The molecule has 2 heterocycles. The number of aryl methyl sites for hydroxylation is 1. The Balaban J connectivity index is 1.85. The van der Waals surface area contributed by atoms with Gasteiger partial charge in [-0.3, -0.25) is 13.9 Å². The summed E-state index contributed by atoms with van der Waals surface area (Å²) < 4.78 is 3.05. The molecule has 0 unspecified atom stereocenters. The third-order valence-electron chi connectivity index (χ3n) is 4.54. The molecule has 0 saturated carbocycles. The van der Waals surface area contributed by atoms with Gasteiger partial charge in [0.1, 0.15) is 0 Å². The van der Waals surface area contributed by atoms with Gasteiger partial charge in [0, 0.05) is 29.4 Å². The van der Waals surface area contributed by atoms with Crippen molar-refractivity contribution in [3.63, 3.8) is 0 Å². The summed E-state index contributed by atoms with van der Waals surface area (Å²) in [6.45, 7) is 0.964. The van der Waals surface area contributed by atoms with Gasteiger partial charge in [0.2, 0.25) is 0 Å². The van der Waals surface area contributed by atoms with Crippen LogP contribution in [0.4, 0.5) is 0 Å². The normalized spacial score (nSPS) is 13.0. The van der Waals surface area contributed by atoms with E-state index in [0.717, 1.165) is 16.3 Å². The third-order valence-corrected chi connectivity index (χ3v) is 5.96. The number of rotatable bonds is 4. The number of hydrogen-bond acceptors (Lipinski definition) is 3. The highest BCUT2D eigenvalue weighted by atomic mass is 35.5. The van der Waals surface area contributed by atoms with Crippen LogP contribution in [-0.2, 0) is 19.5 Å². The number of halogens is 1. The van der Waals surface area contributed by atoms with Gasteiger partial charge in [0.15, 0.2) is 0 Å². The Hall–Kier alpha value is -2.24. The van der Waals surface area contributed by atoms with Gasteiger partial charge in [-0.15, -0.1) is 11.8 Å². The van der Waals surface area contributed by atoms with Gasteiger partial charge >= 0.3 is 5.69 Å². The Morgan fingerprint density at radius 3 is 2.50 bits per heavy atom. The summed E-state index contributed by atoms with van der Waals surface area (Å²) in [6.07, 6.45) is 0.629. The van der Waals surface area contributed by atoms with Gasteiger partial charge in [0.25, 0.3) is 5.56 Å². The van der Waals surface area contributed by atoms with Crippen LogP contribution in [0.2, 0.25) is 5.02 Å². The monoisotopic (exact) mass is 384 g/mol. The van der Waals surface area contributed by atoms with Gasteiger partial charge < -0.3 is 0 Å². The molecule has 0 aliphatic carbocycles. The Kier molecular flexibility index (Phi) is 4.74. The first-order valence-corrected chi connectivity index (χ1v) is 9.82. The summed E-state index contributed by atoms with van der Waals surface area (Å²) in [5.74, 6) is 0.787. The fraction of sp³-hybridized carbons (Fsp3) is 0.200. The largest absolute Gasteiger partial charge is 0.331 e. The van der Waals surface area contributed by atoms with Crippen LogP contribution < -0.4 is 11.2 Å². The fourth-order valence-corrected chi connectivity index (χ4v) is 4.60. The van der Waals surface area contributed by atoms with Crippen molar-refractivity contribution in [2.45, 2.75) is 24.5 Å². The maximum absolute atomic E-state index is 13.2. The van der Waals surface area contributed by atoms with Crippen molar-refractivity contribution in [3.8, 4) is 11.1 Å². The zero-order valence-corrected chi connectivity index (χ0v) is 15.6. The van der Waals surface area contributed by atoms with Crippen LogP contribution in [0.1, 0.15) is 5.56 Å². The van der Waals surface area contributed by atoms with Crippen LogP contribution in [0, 0.1) is 0 Å². The molecule has 0 atom stereocenters. The summed E-state index contributed by atoms with van der Waals surface area (Å²) in [7, 11) is 0. The first kappa shape index (κ1) is 17.2. The van der Waals surface area contributed by atoms with E-state index >= 15 is 0 Å². The number of fused-ring (bicyclic) bond motifs is 1. The molecule has 4 nitrogen and oxygen atoms in total. The average molecular weight is 385 g/mol. The molecular formula is C20H17ClN2O2S. The highest BCUT2D eigenvalue weighted by Gasteiger charge is 2.25. The van der Waals surface area contributed by atoms with E-state index in [-0.39, 0.29) is 11.2 Å². The minimum Gasteiger partial charge on any atom is -0.286 e. The second kappa shape index (κ2) is 7.17. The standard InChI is InChI=1S/C20H17ClN2O2S/c21-16-9-5-4-8-15(16)17-18(24)22(11-10-14-6-2-1-3-7-14)20(25)23-12-13-26-19(17)23/h1-9H,10-13H2. The molecule has 2 aromatic carbocycles. The molecule has 1 aromatic heterocycles. The maximum Gasteiger partial charge on any atom is 0.331 e. The Morgan fingerprint density at radius 2 is 1.73 bits per heavy atom. The SMILES string of the molecule is O=c1c(-c2ccccc2Cl)c2n(c(=O)n1CCc1ccccc1)CCS2. The third kappa shape index (κ3) is 3.02. The first-order valence-electron chi connectivity index (χ1n) is 8.46. The molecule has 1 aliphatic heterocycles. The van der Waals surface area contributed by atoms with Crippen LogP contribution >= 0.6 is 23.4 Å². The molecule has 0 spiro atoms. The van der Waals surface area contributed by atoms with Crippen molar-refractivity contribution in [1.29, 1.82) is 0 Å². The molecular weight excluding hydrogens is 368 g/mol. The number of benzene rings is 2. The number of aromatic nitrogens is 2. The summed E-state index contributed by atoms with van der Waals surface area (Å²) in [4.78, 5) is 26.1. The maximum atomic E-state index is 13.2. The van der Waals surface area contributed by atoms with E-state index in [1.165, 1.54) is 4.57 Å². The molecule has 26 heavy (non-hydrogen) atoms. The minimum absolute atomic E-state index is 0.235. The topological polar surface area (TPSA) is 44.0 Å². The molecule has 1 aliphatic rings. The van der Waals surface area contributed by atoms with Crippen LogP contribution in [0.5, 0.6) is 0 Å². The minimum atomic E-state index is -0.264. The highest BCUT2D eigenvalue weighted by molar-refractivity contribution is 7.99. The van der Waals surface area contributed by atoms with Crippen LogP contribution in [0.3, 0.4) is 0 Å². The zero-order chi connectivity index (χ0) is 18.1. The lowest BCUT2D eigenvalue weighted by atomic mass is 10.1. The Morgan fingerprint density at radius 1 is 1.00 bits per heavy atom. The highest BCUT2D eigenvalue weighted by Crippen LogP contribution is 2.35. The Bertz CT molecular complexity index is 1070. The fourth-order valence-electron chi connectivity index (χ4n) is 3.24. The van der Waals surface area contributed by atoms with Crippen LogP contribution in [-0.4, -0.2) is 14.9 Å². The van der Waals surface area contributed by atoms with E-state index in [1.54, 1.807) is 22.4 Å². The van der Waals surface area contributed by atoms with Crippen molar-refractivity contribution < 1.29 is 0 Å². The zero-order valence-electron chi connectivity index (χ0n) is 14.0. The molecule has 0 saturated heterocycles. The molecule has 0 N–H and O–H groups in total. The number of thioether (sulfide) groups is 1. The molecule has 4 rings (SSSR count). The quantitative estimate of drug-likeness (QED) is 0.644. The smallest absolute Gasteiger partial charge is 0.286 e. The summed E-state index contributed by atoms with van der Waals surface area (Å²) >= 11 is 7.89. The Labute approximate surface area is 160 Å². The van der Waals surface area contributed by atoms with E-state index in [0.29, 0.717) is 35.7 Å². The van der Waals surface area contributed by atoms with Gasteiger partial charge in [0.05, 0.1) is 10.6 Å². The van der Waals surface area contributed by atoms with E-state index in [1.807, 2.05) is 48.5 Å². The van der Waals surface area contributed by atoms with Crippen molar-refractivity contribution >= 4 is 23.4 Å². The predicted molar refractivity (Wildman–Crippen MR) is 106 cm³/mol. The number of nitrogens with zero attached hydrogens (tertiary/aromatic N) is 2. The lowest BCUT2D eigenvalue weighted by Crippen LogP contribution is -2.41. The van der Waals surface area contributed by atoms with E-state index in [9.17, 15) is 9.59 Å². The predicted octanol–water partition coefficient (Wildman–Crippen LogP) is 3.68. The molecule has 6 heteroatoms. The van der Waals surface area contributed by atoms with Crippen LogP contribution in [0.15, 0.2) is 69.2 Å². The average Bonchev–Trinajstić information content (AvgIpc) is 3.14. The first-order chi connectivity index (χ1) is 12.7. The van der Waals surface area contributed by atoms with Crippen molar-refractivity contribution in [1.82, 2.24) is 9.13 Å². The number of hydrogen-bond donors (Lipinski definition) is 0. The summed E-state index contributed by atoms with van der Waals surface area (Å²) in [5.41, 5.74) is 1.82. The van der Waals surface area contributed by atoms with E-state index in [2.05, 4.69) is 0 Å². The van der Waals surface area contributed by atoms with Gasteiger partial charge in [-0.1, -0.05) is 60.1 Å². The van der Waals surface area contributed by atoms with Gasteiger partial charge in [-0.05, 0) is 18.1 Å². The molecule has 0 fully saturated rings. The molecule has 132 valence electrons. The molecule has 0 radical (unpaired) electrons. The lowest BCUT2D eigenvalue weighted by Gasteiger charge is -2.14. The molecule has 0 bridgehead atoms. The van der Waals surface area contributed by atoms with Gasteiger partial charge in [-0.2, -0.15) is 0 Å². The molecule has 3 aromatic rings. The second-order valence-corrected chi connectivity index (χ2v) is 7.63. The lowest BCUT2D eigenvalue weighted by molar-refractivity contribution is 0.549. The molecule has 0 amide bonds. The van der Waals surface area contributed by atoms with Crippen LogP contribution in [0.25, 0.3) is 11.1 Å². The second-order valence-electron chi connectivity index (χ2n) is 6.14.